The molecule has 0 amide bonds. The summed E-state index contributed by atoms with van der Waals surface area (Å²) in [5, 5.41) is 27.9. The van der Waals surface area contributed by atoms with Crippen LogP contribution in [0.5, 0.6) is 0 Å². The lowest BCUT2D eigenvalue weighted by molar-refractivity contribution is 0.194. The van der Waals surface area contributed by atoms with E-state index in [0.717, 1.165) is 70.4 Å². The molecule has 2 aliphatic carbocycles. The molecule has 1 fully saturated rings. The smallest absolute Gasteiger partial charge is 0.432 e. The first-order valence-electron chi connectivity index (χ1n) is 10.1. The predicted octanol–water partition coefficient (Wildman–Crippen LogP) is 5.16. The van der Waals surface area contributed by atoms with E-state index in [1.54, 1.807) is 6.07 Å². The van der Waals surface area contributed by atoms with Gasteiger partial charge in [-0.2, -0.15) is 15.0 Å². The zero-order valence-electron chi connectivity index (χ0n) is 16.4. The van der Waals surface area contributed by atoms with E-state index in [2.05, 4.69) is 21.5 Å². The third kappa shape index (κ3) is 2.99. The average Bonchev–Trinajstić information content (AvgIpc) is 3.49. The van der Waals surface area contributed by atoms with Gasteiger partial charge in [-0.1, -0.05) is 11.6 Å². The van der Waals surface area contributed by atoms with Crippen molar-refractivity contribution in [1.82, 2.24) is 14.8 Å². The van der Waals surface area contributed by atoms with Gasteiger partial charge < -0.3 is 10.4 Å². The molecule has 0 aliphatic heterocycles. The second kappa shape index (κ2) is 6.99. The Bertz CT molecular complexity index is 1240. The number of carboxylic acid groups (broad SMARTS) is 1. The summed E-state index contributed by atoms with van der Waals surface area (Å²) >= 11 is 6.28. The van der Waals surface area contributed by atoms with Crippen LogP contribution < -0.4 is 5.32 Å². The minimum atomic E-state index is -1.07. The molecule has 1 atom stereocenters. The minimum Gasteiger partial charge on any atom is -0.463 e. The second-order valence-electron chi connectivity index (χ2n) is 8.05. The van der Waals surface area contributed by atoms with E-state index in [9.17, 15) is 15.2 Å². The maximum atomic E-state index is 11.6. The molecule has 2 aromatic heterocycles. The highest BCUT2D eigenvalue weighted by Crippen LogP contribution is 2.43. The summed E-state index contributed by atoms with van der Waals surface area (Å²) in [6.07, 6.45) is 3.80. The van der Waals surface area contributed by atoms with Crippen LogP contribution in [-0.2, 0) is 6.42 Å². The van der Waals surface area contributed by atoms with Crippen LogP contribution in [0.2, 0.25) is 5.15 Å². The van der Waals surface area contributed by atoms with E-state index in [0.29, 0.717) is 17.0 Å². The largest absolute Gasteiger partial charge is 0.463 e. The highest BCUT2D eigenvalue weighted by atomic mass is 35.5. The number of halogens is 1. The number of nitrogens with zero attached hydrogens (tertiary/aromatic N) is 4. The number of nitriles is 1. The molecule has 2 aliphatic rings. The molecule has 1 saturated carbocycles. The fourth-order valence-corrected chi connectivity index (χ4v) is 4.73. The lowest BCUT2D eigenvalue weighted by Gasteiger charge is -2.28. The Morgan fingerprint density at radius 1 is 1.33 bits per heavy atom. The Balaban J connectivity index is 1.54. The van der Waals surface area contributed by atoms with Crippen molar-refractivity contribution < 1.29 is 9.90 Å². The van der Waals surface area contributed by atoms with Crippen molar-refractivity contribution in [3.05, 3.63) is 51.4 Å². The second-order valence-corrected chi connectivity index (χ2v) is 8.41. The number of hydrogen-bond donors (Lipinski definition) is 2. The fraction of sp³-hybridized carbons (Fsp3) is 0.364. The monoisotopic (exact) mass is 421 g/mol. The molecular weight excluding hydrogens is 402 g/mol. The molecule has 2 heterocycles. The van der Waals surface area contributed by atoms with E-state index in [-0.39, 0.29) is 11.2 Å². The number of nitrogens with one attached hydrogen (secondary N) is 1. The minimum absolute atomic E-state index is 0.0194. The number of anilines is 1. The van der Waals surface area contributed by atoms with Crippen molar-refractivity contribution in [2.45, 2.75) is 51.0 Å². The van der Waals surface area contributed by atoms with Gasteiger partial charge in [0.15, 0.2) is 0 Å². The van der Waals surface area contributed by atoms with Crippen molar-refractivity contribution in [3.63, 3.8) is 0 Å². The van der Waals surface area contributed by atoms with Gasteiger partial charge in [0.1, 0.15) is 11.2 Å². The first kappa shape index (κ1) is 18.9. The van der Waals surface area contributed by atoms with Crippen LogP contribution >= 0.6 is 11.6 Å². The van der Waals surface area contributed by atoms with Crippen LogP contribution in [0.4, 0.5) is 10.5 Å². The average molecular weight is 422 g/mol. The predicted molar refractivity (Wildman–Crippen MR) is 113 cm³/mol. The van der Waals surface area contributed by atoms with Crippen molar-refractivity contribution >= 4 is 34.3 Å². The summed E-state index contributed by atoms with van der Waals surface area (Å²) in [6.45, 7) is 1.93. The quantitative estimate of drug-likeness (QED) is 0.566. The van der Waals surface area contributed by atoms with E-state index >= 15 is 0 Å². The zero-order chi connectivity index (χ0) is 21.0. The summed E-state index contributed by atoms with van der Waals surface area (Å²) in [7, 11) is 0. The van der Waals surface area contributed by atoms with Gasteiger partial charge in [-0.3, -0.25) is 0 Å². The van der Waals surface area contributed by atoms with E-state index in [1.807, 2.05) is 19.1 Å². The molecule has 8 heteroatoms. The van der Waals surface area contributed by atoms with Gasteiger partial charge in [0.2, 0.25) is 0 Å². The summed E-state index contributed by atoms with van der Waals surface area (Å²) in [5.74, 6) is 0.339. The summed E-state index contributed by atoms with van der Waals surface area (Å²) in [5.41, 5.74) is 5.71. The standard InChI is InChI=1S/C22H20ClN5O2/c1-11-14-3-2-4-17(20(14)26-21(23)16(11)10-24)25-13-7-8-18-15(9-13)19(12-5-6-12)27-28(18)22(29)30/h7-9,12,17,25H,2-6H2,1H3,(H,29,30)/t17-/m0/s1. The number of fused-ring (bicyclic) bond motifs is 2. The van der Waals surface area contributed by atoms with E-state index in [1.165, 1.54) is 0 Å². The number of aromatic nitrogens is 3. The third-order valence-electron chi connectivity index (χ3n) is 6.12. The van der Waals surface area contributed by atoms with Crippen LogP contribution in [0.25, 0.3) is 10.9 Å². The molecule has 0 radical (unpaired) electrons. The van der Waals surface area contributed by atoms with Crippen molar-refractivity contribution in [2.24, 2.45) is 0 Å². The highest BCUT2D eigenvalue weighted by molar-refractivity contribution is 6.30. The molecule has 2 N–H and O–H groups in total. The lowest BCUT2D eigenvalue weighted by Crippen LogP contribution is -2.21. The Kier molecular flexibility index (Phi) is 4.40. The molecule has 0 spiro atoms. The van der Waals surface area contributed by atoms with Gasteiger partial charge in [-0.15, -0.1) is 0 Å². The Labute approximate surface area is 178 Å². The molecule has 0 unspecified atom stereocenters. The van der Waals surface area contributed by atoms with Gasteiger partial charge in [0, 0.05) is 17.0 Å². The molecule has 30 heavy (non-hydrogen) atoms. The van der Waals surface area contributed by atoms with Crippen molar-refractivity contribution in [1.29, 1.82) is 5.26 Å². The Morgan fingerprint density at radius 2 is 2.13 bits per heavy atom. The SMILES string of the molecule is Cc1c(C#N)c(Cl)nc2c1CCC[C@@H]2Nc1ccc2c(c1)c(C1CC1)nn2C(=O)O. The Hall–Kier alpha value is -3.11. The summed E-state index contributed by atoms with van der Waals surface area (Å²) in [6, 6.07) is 7.81. The van der Waals surface area contributed by atoms with Crippen LogP contribution in [-0.4, -0.2) is 26.0 Å². The van der Waals surface area contributed by atoms with Gasteiger partial charge in [-0.25, -0.2) is 9.78 Å². The van der Waals surface area contributed by atoms with Crippen LogP contribution in [0.15, 0.2) is 18.2 Å². The number of pyridine rings is 1. The van der Waals surface area contributed by atoms with Gasteiger partial charge >= 0.3 is 6.09 Å². The number of hydrogen-bond acceptors (Lipinski definition) is 5. The molecule has 152 valence electrons. The topological polar surface area (TPSA) is 104 Å². The molecular formula is C22H20ClN5O2. The van der Waals surface area contributed by atoms with Gasteiger partial charge in [-0.05, 0) is 68.4 Å². The summed E-state index contributed by atoms with van der Waals surface area (Å²) < 4.78 is 1.07. The maximum Gasteiger partial charge on any atom is 0.432 e. The number of benzene rings is 1. The third-order valence-corrected chi connectivity index (χ3v) is 6.39. The van der Waals surface area contributed by atoms with Crippen LogP contribution in [0.3, 0.4) is 0 Å². The molecule has 0 saturated heterocycles. The fourth-order valence-electron chi connectivity index (χ4n) is 4.46. The lowest BCUT2D eigenvalue weighted by atomic mass is 9.87. The molecule has 5 rings (SSSR count). The van der Waals surface area contributed by atoms with Crippen molar-refractivity contribution in [3.8, 4) is 6.07 Å². The first-order chi connectivity index (χ1) is 14.5. The maximum absolute atomic E-state index is 11.6. The molecule has 0 bridgehead atoms. The summed E-state index contributed by atoms with van der Waals surface area (Å²) in [4.78, 5) is 16.1. The Morgan fingerprint density at radius 3 is 2.83 bits per heavy atom. The molecule has 7 nitrogen and oxygen atoms in total. The van der Waals surface area contributed by atoms with Crippen LogP contribution in [0.1, 0.15) is 65.7 Å². The number of carbonyl (C=O) groups is 1. The normalized spacial score (nSPS) is 18.1. The first-order valence-corrected chi connectivity index (χ1v) is 10.5. The van der Waals surface area contributed by atoms with Crippen molar-refractivity contribution in [2.75, 3.05) is 5.32 Å². The molecule has 1 aromatic carbocycles. The highest BCUT2D eigenvalue weighted by Gasteiger charge is 2.31. The van der Waals surface area contributed by atoms with E-state index < -0.39 is 6.09 Å². The molecule has 3 aromatic rings. The van der Waals surface area contributed by atoms with Crippen LogP contribution in [0, 0.1) is 18.3 Å². The van der Waals surface area contributed by atoms with E-state index in [4.69, 9.17) is 11.6 Å². The van der Waals surface area contributed by atoms with Gasteiger partial charge in [0.25, 0.3) is 0 Å². The number of rotatable bonds is 3. The zero-order valence-corrected chi connectivity index (χ0v) is 17.2. The van der Waals surface area contributed by atoms with Gasteiger partial charge in [0.05, 0.1) is 28.5 Å².